The van der Waals surface area contributed by atoms with E-state index in [0.717, 1.165) is 5.56 Å². The highest BCUT2D eigenvalue weighted by molar-refractivity contribution is 5.80. The van der Waals surface area contributed by atoms with Crippen LogP contribution in [0.25, 0.3) is 11.0 Å². The third-order valence-electron chi connectivity index (χ3n) is 1.93. The fraction of sp³-hybridized carbons (Fsp3) is 0.100. The Hall–Kier alpha value is -1.64. The number of rotatable bonds is 0. The van der Waals surface area contributed by atoms with Gasteiger partial charge in [0.15, 0.2) is 11.4 Å². The van der Waals surface area contributed by atoms with E-state index in [9.17, 15) is 9.18 Å². The number of hydrogen-bond donors (Lipinski definition) is 0. The van der Waals surface area contributed by atoms with E-state index in [1.165, 1.54) is 12.1 Å². The summed E-state index contributed by atoms with van der Waals surface area (Å²) in [6, 6.07) is 5.92. The molecule has 0 amide bonds. The van der Waals surface area contributed by atoms with E-state index in [-0.39, 0.29) is 5.58 Å². The molecule has 0 aliphatic rings. The molecule has 0 bridgehead atoms. The summed E-state index contributed by atoms with van der Waals surface area (Å²) in [5.74, 6) is -0.502. The van der Waals surface area contributed by atoms with Gasteiger partial charge in [-0.1, -0.05) is 12.1 Å². The Bertz CT molecular complexity index is 514. The Morgan fingerprint density at radius 2 is 2.15 bits per heavy atom. The zero-order valence-electron chi connectivity index (χ0n) is 7.00. The minimum absolute atomic E-state index is 0.0347. The Morgan fingerprint density at radius 3 is 2.92 bits per heavy atom. The van der Waals surface area contributed by atoms with Gasteiger partial charge >= 0.3 is 5.63 Å². The highest BCUT2D eigenvalue weighted by Crippen LogP contribution is 2.18. The van der Waals surface area contributed by atoms with Crippen molar-refractivity contribution in [1.29, 1.82) is 0 Å². The van der Waals surface area contributed by atoms with Crippen LogP contribution in [0.5, 0.6) is 0 Å². The predicted molar refractivity (Wildman–Crippen MR) is 47.2 cm³/mol. The van der Waals surface area contributed by atoms with Gasteiger partial charge in [-0.2, -0.15) is 0 Å². The standard InChI is InChI=1S/C10H7FO2/c1-6-5-9(12)13-10-7(6)3-2-4-8(10)11/h2-5H,1H3. The van der Waals surface area contributed by atoms with Gasteiger partial charge in [-0.05, 0) is 18.6 Å². The Balaban J connectivity index is 3.03. The van der Waals surface area contributed by atoms with Crippen molar-refractivity contribution in [3.05, 3.63) is 46.1 Å². The Morgan fingerprint density at radius 1 is 1.38 bits per heavy atom. The lowest BCUT2D eigenvalue weighted by Crippen LogP contribution is -1.98. The molecule has 0 saturated carbocycles. The third-order valence-corrected chi connectivity index (χ3v) is 1.93. The third kappa shape index (κ3) is 1.22. The van der Waals surface area contributed by atoms with Crippen molar-refractivity contribution in [2.24, 2.45) is 0 Å². The van der Waals surface area contributed by atoms with E-state index in [1.54, 1.807) is 19.1 Å². The fourth-order valence-corrected chi connectivity index (χ4v) is 1.31. The van der Waals surface area contributed by atoms with Crippen molar-refractivity contribution in [3.8, 4) is 0 Å². The Kier molecular flexibility index (Phi) is 1.65. The van der Waals surface area contributed by atoms with Crippen molar-refractivity contribution in [1.82, 2.24) is 0 Å². The molecule has 2 rings (SSSR count). The zero-order valence-corrected chi connectivity index (χ0v) is 7.00. The molecule has 1 aromatic heterocycles. The summed E-state index contributed by atoms with van der Waals surface area (Å²) in [6.07, 6.45) is 0. The van der Waals surface area contributed by atoms with Crippen LogP contribution in [0.15, 0.2) is 33.5 Å². The van der Waals surface area contributed by atoms with Gasteiger partial charge in [-0.15, -0.1) is 0 Å². The number of aryl methyl sites for hydroxylation is 1. The maximum atomic E-state index is 13.1. The maximum Gasteiger partial charge on any atom is 0.336 e. The molecule has 0 atom stereocenters. The first-order chi connectivity index (χ1) is 6.18. The van der Waals surface area contributed by atoms with Gasteiger partial charge in [-0.25, -0.2) is 9.18 Å². The molecule has 2 nitrogen and oxygen atoms in total. The Labute approximate surface area is 73.6 Å². The van der Waals surface area contributed by atoms with Crippen LogP contribution in [0.1, 0.15) is 5.56 Å². The van der Waals surface area contributed by atoms with Crippen LogP contribution in [0, 0.1) is 12.7 Å². The molecule has 66 valence electrons. The molecular weight excluding hydrogens is 171 g/mol. The lowest BCUT2D eigenvalue weighted by Gasteiger charge is -1.99. The van der Waals surface area contributed by atoms with Crippen molar-refractivity contribution in [2.45, 2.75) is 6.92 Å². The zero-order chi connectivity index (χ0) is 9.42. The molecule has 0 aliphatic carbocycles. The average Bonchev–Trinajstić information content (AvgIpc) is 2.07. The largest absolute Gasteiger partial charge is 0.420 e. The lowest BCUT2D eigenvalue weighted by molar-refractivity contribution is 0.523. The number of hydrogen-bond acceptors (Lipinski definition) is 2. The van der Waals surface area contributed by atoms with Crippen molar-refractivity contribution >= 4 is 11.0 Å². The molecule has 0 N–H and O–H groups in total. The quantitative estimate of drug-likeness (QED) is 0.579. The molecule has 0 aliphatic heterocycles. The first kappa shape index (κ1) is 7.98. The molecule has 0 unspecified atom stereocenters. The second kappa shape index (κ2) is 2.69. The topological polar surface area (TPSA) is 30.2 Å². The van der Waals surface area contributed by atoms with Gasteiger partial charge in [0, 0.05) is 11.5 Å². The van der Waals surface area contributed by atoms with Gasteiger partial charge in [0.2, 0.25) is 0 Å². The van der Waals surface area contributed by atoms with E-state index >= 15 is 0 Å². The second-order valence-corrected chi connectivity index (χ2v) is 2.86. The van der Waals surface area contributed by atoms with Crippen LogP contribution < -0.4 is 5.63 Å². The maximum absolute atomic E-state index is 13.1. The van der Waals surface area contributed by atoms with E-state index in [4.69, 9.17) is 4.42 Å². The summed E-state index contributed by atoms with van der Waals surface area (Å²) >= 11 is 0. The molecule has 1 heterocycles. The number of para-hydroxylation sites is 1. The van der Waals surface area contributed by atoms with Crippen LogP contribution in [0.4, 0.5) is 4.39 Å². The van der Waals surface area contributed by atoms with Gasteiger partial charge in [0.05, 0.1) is 0 Å². The molecule has 2 aromatic rings. The van der Waals surface area contributed by atoms with Gasteiger partial charge < -0.3 is 4.42 Å². The molecule has 0 radical (unpaired) electrons. The molecule has 0 fully saturated rings. The summed E-state index contributed by atoms with van der Waals surface area (Å²) in [6.45, 7) is 1.75. The summed E-state index contributed by atoms with van der Waals surface area (Å²) in [4.78, 5) is 10.9. The fourth-order valence-electron chi connectivity index (χ4n) is 1.31. The molecule has 13 heavy (non-hydrogen) atoms. The predicted octanol–water partition coefficient (Wildman–Crippen LogP) is 2.24. The average molecular weight is 178 g/mol. The normalized spacial score (nSPS) is 10.6. The van der Waals surface area contributed by atoms with Crippen LogP contribution >= 0.6 is 0 Å². The summed E-state index contributed by atoms with van der Waals surface area (Å²) in [7, 11) is 0. The van der Waals surface area contributed by atoms with E-state index < -0.39 is 11.4 Å². The van der Waals surface area contributed by atoms with Crippen LogP contribution in [-0.2, 0) is 0 Å². The number of halogens is 1. The van der Waals surface area contributed by atoms with Gasteiger partial charge in [0.1, 0.15) is 0 Å². The lowest BCUT2D eigenvalue weighted by atomic mass is 10.1. The second-order valence-electron chi connectivity index (χ2n) is 2.86. The molecular formula is C10H7FO2. The van der Waals surface area contributed by atoms with Crippen molar-refractivity contribution < 1.29 is 8.81 Å². The molecule has 0 saturated heterocycles. The smallest absolute Gasteiger partial charge is 0.336 e. The number of fused-ring (bicyclic) bond motifs is 1. The number of benzene rings is 1. The summed E-state index contributed by atoms with van der Waals surface area (Å²) < 4.78 is 17.9. The van der Waals surface area contributed by atoms with E-state index in [1.807, 2.05) is 0 Å². The highest BCUT2D eigenvalue weighted by atomic mass is 19.1. The first-order valence-corrected chi connectivity index (χ1v) is 3.87. The molecule has 1 aromatic carbocycles. The highest BCUT2D eigenvalue weighted by Gasteiger charge is 2.05. The molecule has 0 spiro atoms. The van der Waals surface area contributed by atoms with Gasteiger partial charge in [-0.3, -0.25) is 0 Å². The summed E-state index contributed by atoms with van der Waals surface area (Å²) in [5, 5.41) is 0.639. The first-order valence-electron chi connectivity index (χ1n) is 3.87. The van der Waals surface area contributed by atoms with Crippen molar-refractivity contribution in [3.63, 3.8) is 0 Å². The summed E-state index contributed by atoms with van der Waals surface area (Å²) in [5.41, 5.74) is 0.244. The van der Waals surface area contributed by atoms with Crippen LogP contribution in [0.3, 0.4) is 0 Å². The van der Waals surface area contributed by atoms with E-state index in [2.05, 4.69) is 0 Å². The van der Waals surface area contributed by atoms with Crippen LogP contribution in [-0.4, -0.2) is 0 Å². The van der Waals surface area contributed by atoms with E-state index in [0.29, 0.717) is 5.39 Å². The van der Waals surface area contributed by atoms with Gasteiger partial charge in [0.25, 0.3) is 0 Å². The molecule has 3 heteroatoms. The van der Waals surface area contributed by atoms with Crippen molar-refractivity contribution in [2.75, 3.05) is 0 Å². The van der Waals surface area contributed by atoms with Crippen LogP contribution in [0.2, 0.25) is 0 Å². The minimum atomic E-state index is -0.518. The minimum Gasteiger partial charge on any atom is -0.420 e. The monoisotopic (exact) mass is 178 g/mol. The SMILES string of the molecule is Cc1cc(=O)oc2c(F)cccc12.